The standard InChI is InChI=1S/C21H34O2/c1-3-4-5-6-7-11-14-19(22)20-17(2)21(20,23)16-15-18-12-9-8-10-13-18/h8-10,12-13,17,19-20,22-23H,3-7,11,14-16H2,1-2H3/t17?,19-,20+,21+/m1/s1. The summed E-state index contributed by atoms with van der Waals surface area (Å²) in [6.07, 6.45) is 9.64. The Labute approximate surface area is 141 Å². The first-order valence-electron chi connectivity index (χ1n) is 9.54. The number of aryl methyl sites for hydroxylation is 1. The lowest BCUT2D eigenvalue weighted by atomic mass is 9.99. The predicted molar refractivity (Wildman–Crippen MR) is 96.4 cm³/mol. The lowest BCUT2D eigenvalue weighted by Gasteiger charge is -2.15. The van der Waals surface area contributed by atoms with Gasteiger partial charge in [0, 0.05) is 5.92 Å². The van der Waals surface area contributed by atoms with Crippen molar-refractivity contribution in [2.24, 2.45) is 11.8 Å². The van der Waals surface area contributed by atoms with Crippen LogP contribution < -0.4 is 0 Å². The van der Waals surface area contributed by atoms with Crippen LogP contribution in [0.3, 0.4) is 0 Å². The van der Waals surface area contributed by atoms with Gasteiger partial charge >= 0.3 is 0 Å². The predicted octanol–water partition coefficient (Wildman–Crippen LogP) is 4.73. The molecule has 2 heteroatoms. The molecule has 1 aliphatic carbocycles. The van der Waals surface area contributed by atoms with Crippen molar-refractivity contribution in [1.82, 2.24) is 0 Å². The molecule has 23 heavy (non-hydrogen) atoms. The van der Waals surface area contributed by atoms with Crippen LogP contribution in [0.25, 0.3) is 0 Å². The fourth-order valence-electron chi connectivity index (χ4n) is 4.01. The van der Waals surface area contributed by atoms with Crippen molar-refractivity contribution in [3.8, 4) is 0 Å². The monoisotopic (exact) mass is 318 g/mol. The first kappa shape index (κ1) is 18.5. The number of benzene rings is 1. The zero-order valence-electron chi connectivity index (χ0n) is 14.9. The molecule has 1 fully saturated rings. The molecular formula is C21H34O2. The van der Waals surface area contributed by atoms with Crippen LogP contribution in [-0.4, -0.2) is 21.9 Å². The number of hydrogen-bond donors (Lipinski definition) is 2. The van der Waals surface area contributed by atoms with Gasteiger partial charge in [0.2, 0.25) is 0 Å². The van der Waals surface area contributed by atoms with E-state index in [0.717, 1.165) is 25.7 Å². The number of aliphatic hydroxyl groups excluding tert-OH is 1. The highest BCUT2D eigenvalue weighted by molar-refractivity contribution is 5.18. The molecule has 0 aliphatic heterocycles. The van der Waals surface area contributed by atoms with E-state index in [1.165, 1.54) is 37.7 Å². The minimum Gasteiger partial charge on any atom is -0.393 e. The molecule has 2 nitrogen and oxygen atoms in total. The van der Waals surface area contributed by atoms with Crippen LogP contribution in [0.1, 0.15) is 70.8 Å². The first-order valence-corrected chi connectivity index (χ1v) is 9.54. The molecule has 0 aromatic heterocycles. The fraction of sp³-hybridized carbons (Fsp3) is 0.714. The molecule has 1 aromatic rings. The highest BCUT2D eigenvalue weighted by atomic mass is 16.3. The summed E-state index contributed by atoms with van der Waals surface area (Å²) < 4.78 is 0. The van der Waals surface area contributed by atoms with E-state index in [1.807, 2.05) is 18.2 Å². The molecule has 0 bridgehead atoms. The molecule has 1 aromatic carbocycles. The van der Waals surface area contributed by atoms with Gasteiger partial charge in [-0.3, -0.25) is 0 Å². The normalized spacial score (nSPS) is 27.8. The Hall–Kier alpha value is -0.860. The highest BCUT2D eigenvalue weighted by Gasteiger charge is 2.62. The van der Waals surface area contributed by atoms with Crippen LogP contribution in [0.2, 0.25) is 0 Å². The molecule has 0 spiro atoms. The summed E-state index contributed by atoms with van der Waals surface area (Å²) in [6.45, 7) is 4.31. The van der Waals surface area contributed by atoms with E-state index < -0.39 is 5.60 Å². The summed E-state index contributed by atoms with van der Waals surface area (Å²) in [7, 11) is 0. The summed E-state index contributed by atoms with van der Waals surface area (Å²) in [6, 6.07) is 10.3. The van der Waals surface area contributed by atoms with Gasteiger partial charge in [0.25, 0.3) is 0 Å². The van der Waals surface area contributed by atoms with Crippen molar-refractivity contribution < 1.29 is 10.2 Å². The third-order valence-corrected chi connectivity index (χ3v) is 5.72. The Balaban J connectivity index is 1.69. The Kier molecular flexibility index (Phi) is 7.10. The van der Waals surface area contributed by atoms with E-state index in [9.17, 15) is 10.2 Å². The van der Waals surface area contributed by atoms with Crippen LogP contribution in [0, 0.1) is 11.8 Å². The van der Waals surface area contributed by atoms with E-state index in [4.69, 9.17) is 0 Å². The molecule has 2 rings (SSSR count). The van der Waals surface area contributed by atoms with Gasteiger partial charge in [0.1, 0.15) is 0 Å². The lowest BCUT2D eigenvalue weighted by Crippen LogP contribution is -2.21. The van der Waals surface area contributed by atoms with Crippen molar-refractivity contribution in [2.75, 3.05) is 0 Å². The van der Waals surface area contributed by atoms with Crippen LogP contribution in [0.15, 0.2) is 30.3 Å². The van der Waals surface area contributed by atoms with E-state index >= 15 is 0 Å². The summed E-state index contributed by atoms with van der Waals surface area (Å²) in [4.78, 5) is 0. The third kappa shape index (κ3) is 5.06. The number of hydrogen-bond acceptors (Lipinski definition) is 2. The second kappa shape index (κ2) is 8.84. The Morgan fingerprint density at radius 2 is 1.70 bits per heavy atom. The first-order chi connectivity index (χ1) is 11.1. The van der Waals surface area contributed by atoms with Crippen molar-refractivity contribution in [3.05, 3.63) is 35.9 Å². The van der Waals surface area contributed by atoms with Gasteiger partial charge < -0.3 is 10.2 Å². The third-order valence-electron chi connectivity index (χ3n) is 5.72. The van der Waals surface area contributed by atoms with Crippen molar-refractivity contribution >= 4 is 0 Å². The van der Waals surface area contributed by atoms with Gasteiger partial charge in [-0.2, -0.15) is 0 Å². The van der Waals surface area contributed by atoms with Crippen molar-refractivity contribution in [3.63, 3.8) is 0 Å². The Morgan fingerprint density at radius 3 is 2.39 bits per heavy atom. The van der Waals surface area contributed by atoms with Crippen molar-refractivity contribution in [2.45, 2.75) is 83.3 Å². The van der Waals surface area contributed by atoms with Gasteiger partial charge in [-0.15, -0.1) is 0 Å². The molecule has 1 aliphatic rings. The second-order valence-corrected chi connectivity index (χ2v) is 7.42. The Bertz CT molecular complexity index is 444. The minimum absolute atomic E-state index is 0.0712. The quantitative estimate of drug-likeness (QED) is 0.579. The fourth-order valence-corrected chi connectivity index (χ4v) is 4.01. The van der Waals surface area contributed by atoms with Gasteiger partial charge in [-0.05, 0) is 30.7 Å². The van der Waals surface area contributed by atoms with Crippen LogP contribution in [0.4, 0.5) is 0 Å². The van der Waals surface area contributed by atoms with E-state index in [-0.39, 0.29) is 17.9 Å². The zero-order valence-corrected chi connectivity index (χ0v) is 14.9. The molecule has 0 amide bonds. The minimum atomic E-state index is -0.655. The summed E-state index contributed by atoms with van der Waals surface area (Å²) in [5, 5.41) is 21.2. The zero-order chi connectivity index (χ0) is 16.7. The van der Waals surface area contributed by atoms with E-state index in [2.05, 4.69) is 26.0 Å². The SMILES string of the molecule is CCCCCCCC[C@@H](O)[C@@H]1C(C)[C@@]1(O)CCc1ccccc1. The van der Waals surface area contributed by atoms with Gasteiger partial charge in [0.15, 0.2) is 0 Å². The smallest absolute Gasteiger partial charge is 0.0737 e. The molecular weight excluding hydrogens is 284 g/mol. The van der Waals surface area contributed by atoms with E-state index in [1.54, 1.807) is 0 Å². The van der Waals surface area contributed by atoms with Crippen molar-refractivity contribution in [1.29, 1.82) is 0 Å². The van der Waals surface area contributed by atoms with Crippen LogP contribution in [0.5, 0.6) is 0 Å². The highest BCUT2D eigenvalue weighted by Crippen LogP contribution is 2.55. The maximum absolute atomic E-state index is 10.8. The van der Waals surface area contributed by atoms with Crippen LogP contribution in [-0.2, 0) is 6.42 Å². The topological polar surface area (TPSA) is 40.5 Å². The Morgan fingerprint density at radius 1 is 1.04 bits per heavy atom. The molecule has 2 N–H and O–H groups in total. The maximum atomic E-state index is 10.8. The summed E-state index contributed by atoms with van der Waals surface area (Å²) in [5.41, 5.74) is 0.612. The average Bonchev–Trinajstić information content (AvgIpc) is 3.11. The number of unbranched alkanes of at least 4 members (excludes halogenated alkanes) is 5. The largest absolute Gasteiger partial charge is 0.393 e. The van der Waals surface area contributed by atoms with E-state index in [0.29, 0.717) is 0 Å². The molecule has 0 radical (unpaired) electrons. The van der Waals surface area contributed by atoms with Gasteiger partial charge in [-0.25, -0.2) is 0 Å². The number of rotatable bonds is 11. The molecule has 0 heterocycles. The molecule has 4 atom stereocenters. The molecule has 1 unspecified atom stereocenters. The number of aliphatic hydroxyl groups is 2. The average molecular weight is 319 g/mol. The lowest BCUT2D eigenvalue weighted by molar-refractivity contribution is 0.0592. The van der Waals surface area contributed by atoms with Gasteiger partial charge in [-0.1, -0.05) is 82.7 Å². The maximum Gasteiger partial charge on any atom is 0.0737 e. The second-order valence-electron chi connectivity index (χ2n) is 7.42. The van der Waals surface area contributed by atoms with Crippen LogP contribution >= 0.6 is 0 Å². The summed E-state index contributed by atoms with van der Waals surface area (Å²) >= 11 is 0. The van der Waals surface area contributed by atoms with Gasteiger partial charge in [0.05, 0.1) is 11.7 Å². The molecule has 130 valence electrons. The summed E-state index contributed by atoms with van der Waals surface area (Å²) in [5.74, 6) is 0.295. The molecule has 1 saturated carbocycles. The molecule has 0 saturated heterocycles.